The molecule has 1 radical (unpaired) electrons. The lowest BCUT2D eigenvalue weighted by Gasteiger charge is -1.96. The van der Waals surface area contributed by atoms with Crippen molar-refractivity contribution in [2.75, 3.05) is 0 Å². The van der Waals surface area contributed by atoms with E-state index in [1.54, 1.807) is 11.3 Å². The first-order valence-electron chi connectivity index (χ1n) is 3.75. The van der Waals surface area contributed by atoms with E-state index in [4.69, 9.17) is 0 Å². The van der Waals surface area contributed by atoms with Crippen molar-refractivity contribution in [2.45, 2.75) is 0 Å². The highest BCUT2D eigenvalue weighted by atomic mass is 32.1. The van der Waals surface area contributed by atoms with Gasteiger partial charge in [-0.3, -0.25) is 0 Å². The number of para-hydroxylation sites is 1. The molecule has 0 atom stereocenters. The van der Waals surface area contributed by atoms with Gasteiger partial charge in [-0.05, 0) is 29.6 Å². The largest absolute Gasteiger partial charge is 0.238 e. The van der Waals surface area contributed by atoms with Gasteiger partial charge < -0.3 is 0 Å². The maximum absolute atomic E-state index is 4.42. The van der Waals surface area contributed by atoms with Crippen molar-refractivity contribution in [3.8, 4) is 0 Å². The smallest absolute Gasteiger partial charge is 0.116 e. The first-order chi connectivity index (χ1) is 5.95. The number of rotatable bonds is 2. The molecule has 2 heteroatoms. The van der Waals surface area contributed by atoms with Crippen molar-refractivity contribution < 1.29 is 0 Å². The number of hydrogen-bond acceptors (Lipinski definition) is 1. The second kappa shape index (κ2) is 3.41. The Bertz CT molecular complexity index is 326. The van der Waals surface area contributed by atoms with Crippen LogP contribution in [0.5, 0.6) is 0 Å². The van der Waals surface area contributed by atoms with Gasteiger partial charge in [0.1, 0.15) is 5.00 Å². The maximum atomic E-state index is 4.42. The minimum atomic E-state index is 1.01. The molecular formula is C10H8NS. The van der Waals surface area contributed by atoms with E-state index >= 15 is 0 Å². The van der Waals surface area contributed by atoms with Gasteiger partial charge in [0.25, 0.3) is 0 Å². The molecule has 0 unspecified atom stereocenters. The Morgan fingerprint density at radius 1 is 0.917 bits per heavy atom. The van der Waals surface area contributed by atoms with E-state index in [2.05, 4.69) is 5.32 Å². The standard InChI is InChI=1S/C10H8NS/c1-2-5-9(6-3-1)11-10-7-4-8-12-10/h1-8H. The molecule has 1 nitrogen and oxygen atoms in total. The third-order valence-corrected chi connectivity index (χ3v) is 2.26. The van der Waals surface area contributed by atoms with Crippen molar-refractivity contribution in [1.29, 1.82) is 0 Å². The van der Waals surface area contributed by atoms with Crippen LogP contribution in [0, 0.1) is 0 Å². The number of thiophene rings is 1. The van der Waals surface area contributed by atoms with E-state index in [0.29, 0.717) is 0 Å². The van der Waals surface area contributed by atoms with Gasteiger partial charge in [-0.1, -0.05) is 18.2 Å². The van der Waals surface area contributed by atoms with Crippen LogP contribution < -0.4 is 5.32 Å². The van der Waals surface area contributed by atoms with Gasteiger partial charge in [-0.2, -0.15) is 0 Å². The lowest BCUT2D eigenvalue weighted by Crippen LogP contribution is -1.83. The van der Waals surface area contributed by atoms with Crippen LogP contribution in [0.15, 0.2) is 47.8 Å². The molecule has 2 aromatic rings. The molecule has 1 aromatic heterocycles. The Hall–Kier alpha value is -1.28. The topological polar surface area (TPSA) is 14.1 Å². The highest BCUT2D eigenvalue weighted by molar-refractivity contribution is 7.13. The molecule has 2 rings (SSSR count). The fourth-order valence-electron chi connectivity index (χ4n) is 0.963. The molecule has 0 aliphatic carbocycles. The zero-order valence-corrected chi connectivity index (χ0v) is 7.29. The van der Waals surface area contributed by atoms with Crippen LogP contribution in [0.25, 0.3) is 0 Å². The monoisotopic (exact) mass is 174 g/mol. The molecule has 1 heterocycles. The molecule has 0 bridgehead atoms. The van der Waals surface area contributed by atoms with E-state index in [0.717, 1.165) is 10.7 Å². The third kappa shape index (κ3) is 1.66. The number of hydrogen-bond donors (Lipinski definition) is 0. The van der Waals surface area contributed by atoms with Gasteiger partial charge in [0, 0.05) is 0 Å². The zero-order valence-electron chi connectivity index (χ0n) is 6.47. The molecule has 0 N–H and O–H groups in total. The van der Waals surface area contributed by atoms with Gasteiger partial charge in [0.2, 0.25) is 0 Å². The third-order valence-electron chi connectivity index (χ3n) is 1.50. The average Bonchev–Trinajstić information content (AvgIpc) is 2.59. The molecule has 0 amide bonds. The van der Waals surface area contributed by atoms with Crippen molar-refractivity contribution in [3.05, 3.63) is 47.8 Å². The molecule has 59 valence electrons. The van der Waals surface area contributed by atoms with Gasteiger partial charge >= 0.3 is 0 Å². The Morgan fingerprint density at radius 3 is 2.42 bits per heavy atom. The zero-order chi connectivity index (χ0) is 8.23. The molecule has 1 aromatic carbocycles. The molecule has 0 aliphatic rings. The maximum Gasteiger partial charge on any atom is 0.116 e. The Balaban J connectivity index is 2.15. The summed E-state index contributed by atoms with van der Waals surface area (Å²) in [5.41, 5.74) is 1.01. The molecule has 12 heavy (non-hydrogen) atoms. The summed E-state index contributed by atoms with van der Waals surface area (Å²) in [7, 11) is 0. The lowest BCUT2D eigenvalue weighted by molar-refractivity contribution is 1.22. The normalized spacial score (nSPS) is 9.67. The van der Waals surface area contributed by atoms with E-state index < -0.39 is 0 Å². The molecule has 0 saturated heterocycles. The van der Waals surface area contributed by atoms with Crippen LogP contribution >= 0.6 is 11.3 Å². The van der Waals surface area contributed by atoms with Gasteiger partial charge in [0.05, 0.1) is 5.69 Å². The molecule has 0 saturated carbocycles. The highest BCUT2D eigenvalue weighted by Gasteiger charge is 1.94. The summed E-state index contributed by atoms with van der Waals surface area (Å²) in [6.45, 7) is 0. The predicted molar refractivity (Wildman–Crippen MR) is 52.2 cm³/mol. The minimum absolute atomic E-state index is 1.01. The second-order valence-electron chi connectivity index (χ2n) is 2.40. The van der Waals surface area contributed by atoms with Crippen LogP contribution in [0.4, 0.5) is 10.7 Å². The fraction of sp³-hybridized carbons (Fsp3) is 0. The van der Waals surface area contributed by atoms with Crippen molar-refractivity contribution in [3.63, 3.8) is 0 Å². The first kappa shape index (κ1) is 7.37. The summed E-state index contributed by atoms with van der Waals surface area (Å²) in [6, 6.07) is 14.0. The Kier molecular flexibility index (Phi) is 2.10. The van der Waals surface area contributed by atoms with E-state index in [-0.39, 0.29) is 0 Å². The van der Waals surface area contributed by atoms with Crippen LogP contribution in [0.1, 0.15) is 0 Å². The first-order valence-corrected chi connectivity index (χ1v) is 4.63. The molecule has 0 fully saturated rings. The van der Waals surface area contributed by atoms with Crippen LogP contribution in [-0.4, -0.2) is 0 Å². The van der Waals surface area contributed by atoms with Crippen molar-refractivity contribution in [2.24, 2.45) is 0 Å². The Morgan fingerprint density at radius 2 is 1.75 bits per heavy atom. The van der Waals surface area contributed by atoms with E-state index in [9.17, 15) is 0 Å². The second-order valence-corrected chi connectivity index (χ2v) is 3.32. The Labute approximate surface area is 75.7 Å². The lowest BCUT2D eigenvalue weighted by atomic mass is 10.3. The summed E-state index contributed by atoms with van der Waals surface area (Å²) >= 11 is 1.65. The molecular weight excluding hydrogens is 166 g/mol. The summed E-state index contributed by atoms with van der Waals surface area (Å²) in [5, 5.41) is 7.51. The predicted octanol–water partition coefficient (Wildman–Crippen LogP) is 3.32. The van der Waals surface area contributed by atoms with E-state index in [1.807, 2.05) is 47.8 Å². The minimum Gasteiger partial charge on any atom is -0.238 e. The van der Waals surface area contributed by atoms with Gasteiger partial charge in [0.15, 0.2) is 0 Å². The summed E-state index contributed by atoms with van der Waals surface area (Å²) in [6.07, 6.45) is 0. The average molecular weight is 174 g/mol. The molecule has 0 spiro atoms. The van der Waals surface area contributed by atoms with Gasteiger partial charge in [-0.15, -0.1) is 11.3 Å². The fourth-order valence-corrected chi connectivity index (χ4v) is 1.58. The SMILES string of the molecule is c1ccc([N]c2cccs2)cc1. The van der Waals surface area contributed by atoms with Crippen LogP contribution in [-0.2, 0) is 0 Å². The highest BCUT2D eigenvalue weighted by Crippen LogP contribution is 2.20. The number of benzene rings is 1. The number of nitrogens with zero attached hydrogens (tertiary/aromatic N) is 1. The van der Waals surface area contributed by atoms with E-state index in [1.165, 1.54) is 0 Å². The quantitative estimate of drug-likeness (QED) is 0.663. The van der Waals surface area contributed by atoms with Crippen LogP contribution in [0.3, 0.4) is 0 Å². The van der Waals surface area contributed by atoms with Crippen molar-refractivity contribution >= 4 is 22.0 Å². The van der Waals surface area contributed by atoms with Crippen LogP contribution in [0.2, 0.25) is 0 Å². The summed E-state index contributed by atoms with van der Waals surface area (Å²) < 4.78 is 0. The van der Waals surface area contributed by atoms with Crippen molar-refractivity contribution in [1.82, 2.24) is 5.32 Å². The van der Waals surface area contributed by atoms with Gasteiger partial charge in [-0.25, -0.2) is 5.32 Å². The molecule has 0 aliphatic heterocycles. The summed E-state index contributed by atoms with van der Waals surface area (Å²) in [4.78, 5) is 0. The summed E-state index contributed by atoms with van der Waals surface area (Å²) in [5.74, 6) is 0.